The van der Waals surface area contributed by atoms with Crippen LogP contribution in [0.15, 0.2) is 12.2 Å². The van der Waals surface area contributed by atoms with Crippen LogP contribution in [0.4, 0.5) is 0 Å². The fourth-order valence-electron chi connectivity index (χ4n) is 1.65. The molecule has 0 aliphatic rings. The molecule has 2 radical (unpaired) electrons. The van der Waals surface area contributed by atoms with E-state index in [1.54, 1.807) is 0 Å². The average Bonchev–Trinajstić information content (AvgIpc) is 2.16. The summed E-state index contributed by atoms with van der Waals surface area (Å²) < 4.78 is 0. The Morgan fingerprint density at radius 3 is 2.54 bits per heavy atom. The van der Waals surface area contributed by atoms with Crippen LogP contribution in [0.3, 0.4) is 0 Å². The number of rotatable bonds is 8. The van der Waals surface area contributed by atoms with E-state index in [9.17, 15) is 0 Å². The van der Waals surface area contributed by atoms with Gasteiger partial charge in [0.25, 0.3) is 0 Å². The Balaban J connectivity index is 3.27. The van der Waals surface area contributed by atoms with Gasteiger partial charge in [-0.05, 0) is 25.7 Å². The molecule has 0 saturated heterocycles. The van der Waals surface area contributed by atoms with E-state index in [1.807, 2.05) is 6.08 Å². The van der Waals surface area contributed by atoms with Gasteiger partial charge in [0, 0.05) is 0 Å². The maximum atomic E-state index is 3.91. The maximum Gasteiger partial charge on any atom is -0.0316 e. The molecule has 0 rings (SSSR count). The minimum Gasteiger partial charge on any atom is -0.0885 e. The Labute approximate surface area is 84.4 Å². The molecule has 1 unspecified atom stereocenters. The van der Waals surface area contributed by atoms with Crippen molar-refractivity contribution in [2.24, 2.45) is 5.92 Å². The Kier molecular flexibility index (Phi) is 9.63. The van der Waals surface area contributed by atoms with Crippen molar-refractivity contribution in [3.63, 3.8) is 0 Å². The van der Waals surface area contributed by atoms with Crippen LogP contribution in [0.25, 0.3) is 0 Å². The van der Waals surface area contributed by atoms with Crippen molar-refractivity contribution < 1.29 is 0 Å². The molecule has 0 bridgehead atoms. The lowest BCUT2D eigenvalue weighted by atomic mass is 9.94. The Morgan fingerprint density at radius 2 is 2.00 bits per heavy atom. The molecule has 76 valence electrons. The molecule has 0 amide bonds. The van der Waals surface area contributed by atoms with E-state index in [1.165, 1.54) is 38.5 Å². The van der Waals surface area contributed by atoms with Gasteiger partial charge >= 0.3 is 0 Å². The van der Waals surface area contributed by atoms with Crippen LogP contribution in [0.2, 0.25) is 0 Å². The predicted molar refractivity (Wildman–Crippen MR) is 61.3 cm³/mol. The zero-order valence-corrected chi connectivity index (χ0v) is 9.10. The number of unbranched alkanes of at least 4 members (excludes halogenated alkanes) is 2. The van der Waals surface area contributed by atoms with Crippen LogP contribution in [-0.4, -0.2) is 0 Å². The fraction of sp³-hybridized carbons (Fsp3) is 0.692. The summed E-state index contributed by atoms with van der Waals surface area (Å²) >= 11 is 0. The summed E-state index contributed by atoms with van der Waals surface area (Å²) in [4.78, 5) is 0. The third-order valence-electron chi connectivity index (χ3n) is 2.59. The minimum atomic E-state index is 0.918. The first kappa shape index (κ1) is 12.7. The molecule has 0 aromatic rings. The van der Waals surface area contributed by atoms with Crippen molar-refractivity contribution in [3.05, 3.63) is 26.0 Å². The van der Waals surface area contributed by atoms with Crippen molar-refractivity contribution in [1.82, 2.24) is 0 Å². The van der Waals surface area contributed by atoms with E-state index >= 15 is 0 Å². The predicted octanol–water partition coefficient (Wildman–Crippen LogP) is 4.58. The molecule has 0 saturated carbocycles. The molecule has 0 heteroatoms. The zero-order chi connectivity index (χ0) is 9.94. The molecule has 0 aromatic carbocycles. The third kappa shape index (κ3) is 8.08. The second kappa shape index (κ2) is 9.83. The van der Waals surface area contributed by atoms with Gasteiger partial charge in [0.1, 0.15) is 0 Å². The second-order valence-corrected chi connectivity index (χ2v) is 3.67. The van der Waals surface area contributed by atoms with Gasteiger partial charge in [-0.3, -0.25) is 0 Å². The monoisotopic (exact) mass is 180 g/mol. The molecule has 0 N–H and O–H groups in total. The van der Waals surface area contributed by atoms with E-state index < -0.39 is 0 Å². The lowest BCUT2D eigenvalue weighted by Gasteiger charge is -2.12. The molecule has 1 atom stereocenters. The normalized spacial score (nSPS) is 13.8. The van der Waals surface area contributed by atoms with Crippen molar-refractivity contribution in [2.75, 3.05) is 0 Å². The van der Waals surface area contributed by atoms with E-state index in [0.717, 1.165) is 12.3 Å². The van der Waals surface area contributed by atoms with Gasteiger partial charge in [-0.2, -0.15) is 0 Å². The molecule has 0 aromatic heterocycles. The highest BCUT2D eigenvalue weighted by molar-refractivity contribution is 4.83. The van der Waals surface area contributed by atoms with Gasteiger partial charge in [-0.25, -0.2) is 0 Å². The van der Waals surface area contributed by atoms with E-state index in [4.69, 9.17) is 0 Å². The van der Waals surface area contributed by atoms with Crippen molar-refractivity contribution >= 4 is 0 Å². The summed E-state index contributed by atoms with van der Waals surface area (Å²) in [5.74, 6) is 0.918. The quantitative estimate of drug-likeness (QED) is 0.480. The van der Waals surface area contributed by atoms with Gasteiger partial charge in [0.05, 0.1) is 0 Å². The molecule has 0 spiro atoms. The lowest BCUT2D eigenvalue weighted by Crippen LogP contribution is -1.97. The summed E-state index contributed by atoms with van der Waals surface area (Å²) in [6, 6.07) is 0. The molecule has 0 aliphatic carbocycles. The van der Waals surface area contributed by atoms with Crippen LogP contribution in [0.1, 0.15) is 51.9 Å². The Morgan fingerprint density at radius 1 is 1.23 bits per heavy atom. The first-order chi connectivity index (χ1) is 6.35. The van der Waals surface area contributed by atoms with Gasteiger partial charge in [-0.15, -0.1) is 0 Å². The second-order valence-electron chi connectivity index (χ2n) is 3.67. The SMILES string of the molecule is [CH2]/C=C/CCCCC(CC)CC[CH2]. The molecule has 13 heavy (non-hydrogen) atoms. The smallest absolute Gasteiger partial charge is 0.0316 e. The van der Waals surface area contributed by atoms with Crippen LogP contribution in [0.5, 0.6) is 0 Å². The topological polar surface area (TPSA) is 0 Å². The van der Waals surface area contributed by atoms with Gasteiger partial charge in [0.15, 0.2) is 0 Å². The summed E-state index contributed by atoms with van der Waals surface area (Å²) in [6.07, 6.45) is 13.0. The van der Waals surface area contributed by atoms with Gasteiger partial charge in [0.2, 0.25) is 0 Å². The van der Waals surface area contributed by atoms with Gasteiger partial charge in [-0.1, -0.05) is 58.1 Å². The Hall–Kier alpha value is -0.260. The lowest BCUT2D eigenvalue weighted by molar-refractivity contribution is 0.421. The van der Waals surface area contributed by atoms with Crippen LogP contribution >= 0.6 is 0 Å². The van der Waals surface area contributed by atoms with E-state index in [2.05, 4.69) is 26.8 Å². The minimum absolute atomic E-state index is 0.918. The first-order valence-corrected chi connectivity index (χ1v) is 5.58. The standard InChI is InChI=1S/C13H24/c1-4-7-8-9-10-12-13(6-3)11-5-2/h4,7,13H,1-2,5-6,8-12H2,3H3/b7-4+. The number of hydrogen-bond donors (Lipinski definition) is 0. The third-order valence-corrected chi connectivity index (χ3v) is 2.59. The van der Waals surface area contributed by atoms with Crippen LogP contribution < -0.4 is 0 Å². The molecular weight excluding hydrogens is 156 g/mol. The highest BCUT2D eigenvalue weighted by Gasteiger charge is 2.03. The number of allylic oxidation sites excluding steroid dienone is 2. The molecule has 0 heterocycles. The number of hydrogen-bond acceptors (Lipinski definition) is 0. The van der Waals surface area contributed by atoms with Crippen LogP contribution in [0, 0.1) is 19.8 Å². The molecule has 0 aliphatic heterocycles. The Bertz CT molecular complexity index is 113. The highest BCUT2D eigenvalue weighted by Crippen LogP contribution is 2.18. The molecular formula is C13H24. The van der Waals surface area contributed by atoms with Gasteiger partial charge < -0.3 is 0 Å². The molecule has 0 nitrogen and oxygen atoms in total. The van der Waals surface area contributed by atoms with Crippen LogP contribution in [-0.2, 0) is 0 Å². The summed E-state index contributed by atoms with van der Waals surface area (Å²) in [6.45, 7) is 9.87. The summed E-state index contributed by atoms with van der Waals surface area (Å²) in [7, 11) is 0. The summed E-state index contributed by atoms with van der Waals surface area (Å²) in [5, 5.41) is 0. The van der Waals surface area contributed by atoms with Crippen molar-refractivity contribution in [2.45, 2.75) is 51.9 Å². The zero-order valence-electron chi connectivity index (χ0n) is 9.10. The largest absolute Gasteiger partial charge is 0.0885 e. The molecule has 0 fully saturated rings. The fourth-order valence-corrected chi connectivity index (χ4v) is 1.65. The van der Waals surface area contributed by atoms with Crippen molar-refractivity contribution in [1.29, 1.82) is 0 Å². The highest BCUT2D eigenvalue weighted by atomic mass is 14.1. The average molecular weight is 180 g/mol. The van der Waals surface area contributed by atoms with E-state index in [0.29, 0.717) is 0 Å². The maximum absolute atomic E-state index is 3.91. The summed E-state index contributed by atoms with van der Waals surface area (Å²) in [5.41, 5.74) is 0. The van der Waals surface area contributed by atoms with E-state index in [-0.39, 0.29) is 0 Å². The van der Waals surface area contributed by atoms with Crippen molar-refractivity contribution in [3.8, 4) is 0 Å². The first-order valence-electron chi connectivity index (χ1n) is 5.58.